The zero-order valence-corrected chi connectivity index (χ0v) is 14.2. The quantitative estimate of drug-likeness (QED) is 0.864. The molecule has 118 valence electrons. The van der Waals surface area contributed by atoms with E-state index in [-0.39, 0.29) is 5.41 Å². The third-order valence-electron chi connectivity index (χ3n) is 3.96. The molecule has 0 radical (unpaired) electrons. The highest BCUT2D eigenvalue weighted by molar-refractivity contribution is 5.46. The van der Waals surface area contributed by atoms with Crippen molar-refractivity contribution in [1.82, 2.24) is 20.0 Å². The Bertz CT molecular complexity index is 671. The maximum atomic E-state index is 4.44. The predicted molar refractivity (Wildman–Crippen MR) is 92.7 cm³/mol. The molecule has 0 aliphatic carbocycles. The molecule has 0 atom stereocenters. The van der Waals surface area contributed by atoms with E-state index in [2.05, 4.69) is 73.9 Å². The van der Waals surface area contributed by atoms with Crippen LogP contribution in [0.2, 0.25) is 0 Å². The Labute approximate surface area is 132 Å². The van der Waals surface area contributed by atoms with Crippen molar-refractivity contribution in [3.63, 3.8) is 0 Å². The summed E-state index contributed by atoms with van der Waals surface area (Å²) in [6.45, 7) is 12.6. The number of aromatic nitrogens is 4. The molecule has 0 fully saturated rings. The third kappa shape index (κ3) is 3.56. The molecule has 0 bridgehead atoms. The molecule has 2 rings (SSSR count). The number of hydrogen-bond donors (Lipinski definition) is 1. The maximum absolute atomic E-state index is 4.44. The lowest BCUT2D eigenvalue weighted by Crippen LogP contribution is -2.20. The molecule has 0 aliphatic rings. The molecule has 0 unspecified atom stereocenters. The zero-order valence-electron chi connectivity index (χ0n) is 14.2. The Morgan fingerprint density at radius 1 is 1.32 bits per heavy atom. The van der Waals surface area contributed by atoms with Gasteiger partial charge in [0.25, 0.3) is 0 Å². The summed E-state index contributed by atoms with van der Waals surface area (Å²) in [4.78, 5) is 0. The molecule has 0 aliphatic heterocycles. The Morgan fingerprint density at radius 3 is 2.59 bits per heavy atom. The van der Waals surface area contributed by atoms with Crippen molar-refractivity contribution in [2.45, 2.75) is 45.4 Å². The fraction of sp³-hybridized carbons (Fsp3) is 0.444. The van der Waals surface area contributed by atoms with E-state index in [9.17, 15) is 0 Å². The third-order valence-corrected chi connectivity index (χ3v) is 3.96. The van der Waals surface area contributed by atoms with Gasteiger partial charge < -0.3 is 0 Å². The molecule has 0 saturated heterocycles. The second kappa shape index (κ2) is 6.34. The van der Waals surface area contributed by atoms with Gasteiger partial charge in [0.05, 0.1) is 11.4 Å². The Kier molecular flexibility index (Phi) is 4.69. The minimum Gasteiger partial charge on any atom is -0.282 e. The SMILES string of the molecule is C=Cc1cc(C(C)(C)C/C=C/c2cc(C(C)C)[nH]n2)n(C)n1. The van der Waals surface area contributed by atoms with E-state index >= 15 is 0 Å². The largest absolute Gasteiger partial charge is 0.282 e. The molecule has 4 nitrogen and oxygen atoms in total. The maximum Gasteiger partial charge on any atom is 0.0848 e. The number of nitrogens with one attached hydrogen (secondary N) is 1. The first kappa shape index (κ1) is 16.3. The van der Waals surface area contributed by atoms with Crippen molar-refractivity contribution in [3.05, 3.63) is 47.6 Å². The molecule has 0 saturated carbocycles. The number of hydrogen-bond acceptors (Lipinski definition) is 2. The molecule has 0 amide bonds. The van der Waals surface area contributed by atoms with Gasteiger partial charge >= 0.3 is 0 Å². The summed E-state index contributed by atoms with van der Waals surface area (Å²) in [5, 5.41) is 11.8. The standard InChI is InChI=1S/C18H26N4/c1-7-14-12-17(22(6)21-14)18(4,5)10-8-9-15-11-16(13(2)3)20-19-15/h7-9,11-13H,1,10H2,2-6H3,(H,19,20)/b9-8+. The topological polar surface area (TPSA) is 46.5 Å². The van der Waals surface area contributed by atoms with E-state index in [1.807, 2.05) is 11.7 Å². The van der Waals surface area contributed by atoms with E-state index in [1.54, 1.807) is 6.08 Å². The van der Waals surface area contributed by atoms with Gasteiger partial charge in [-0.2, -0.15) is 10.2 Å². The van der Waals surface area contributed by atoms with E-state index in [0.717, 1.165) is 17.8 Å². The van der Waals surface area contributed by atoms with Gasteiger partial charge in [0.15, 0.2) is 0 Å². The number of rotatable bonds is 6. The van der Waals surface area contributed by atoms with E-state index in [0.29, 0.717) is 5.92 Å². The normalized spacial score (nSPS) is 12.5. The number of allylic oxidation sites excluding steroid dienone is 1. The van der Waals surface area contributed by atoms with Crippen molar-refractivity contribution in [2.24, 2.45) is 7.05 Å². The molecule has 2 aromatic heterocycles. The van der Waals surface area contributed by atoms with Crippen LogP contribution in [-0.2, 0) is 12.5 Å². The van der Waals surface area contributed by atoms with Crippen LogP contribution in [0, 0.1) is 0 Å². The highest BCUT2D eigenvalue weighted by Crippen LogP contribution is 2.28. The van der Waals surface area contributed by atoms with Crippen LogP contribution in [0.4, 0.5) is 0 Å². The first-order valence-electron chi connectivity index (χ1n) is 7.72. The van der Waals surface area contributed by atoms with Crippen LogP contribution < -0.4 is 0 Å². The molecule has 2 heterocycles. The molecule has 0 aromatic carbocycles. The molecule has 22 heavy (non-hydrogen) atoms. The highest BCUT2D eigenvalue weighted by atomic mass is 15.3. The van der Waals surface area contributed by atoms with Gasteiger partial charge in [-0.25, -0.2) is 0 Å². The van der Waals surface area contributed by atoms with Gasteiger partial charge in [0, 0.05) is 23.9 Å². The van der Waals surface area contributed by atoms with Crippen molar-refractivity contribution in [1.29, 1.82) is 0 Å². The predicted octanol–water partition coefficient (Wildman–Crippen LogP) is 4.29. The van der Waals surface area contributed by atoms with Gasteiger partial charge in [-0.3, -0.25) is 9.78 Å². The van der Waals surface area contributed by atoms with Crippen molar-refractivity contribution in [2.75, 3.05) is 0 Å². The average molecular weight is 298 g/mol. The zero-order chi connectivity index (χ0) is 16.3. The summed E-state index contributed by atoms with van der Waals surface area (Å²) in [6.07, 6.45) is 6.97. The number of aromatic amines is 1. The molecule has 1 N–H and O–H groups in total. The van der Waals surface area contributed by atoms with Crippen LogP contribution in [0.25, 0.3) is 12.2 Å². The Morgan fingerprint density at radius 2 is 2.05 bits per heavy atom. The van der Waals surface area contributed by atoms with Crippen molar-refractivity contribution < 1.29 is 0 Å². The van der Waals surface area contributed by atoms with E-state index < -0.39 is 0 Å². The number of H-pyrrole nitrogens is 1. The van der Waals surface area contributed by atoms with Crippen LogP contribution in [0.3, 0.4) is 0 Å². The lowest BCUT2D eigenvalue weighted by molar-refractivity contribution is 0.483. The minimum atomic E-state index is 0.0106. The summed E-state index contributed by atoms with van der Waals surface area (Å²) in [5.41, 5.74) is 4.29. The van der Waals surface area contributed by atoms with E-state index in [4.69, 9.17) is 0 Å². The van der Waals surface area contributed by atoms with Gasteiger partial charge in [0.1, 0.15) is 0 Å². The van der Waals surface area contributed by atoms with Crippen LogP contribution >= 0.6 is 0 Å². The Balaban J connectivity index is 2.09. The van der Waals surface area contributed by atoms with Gasteiger partial charge in [-0.05, 0) is 36.6 Å². The lowest BCUT2D eigenvalue weighted by Gasteiger charge is -2.23. The molecular weight excluding hydrogens is 272 g/mol. The average Bonchev–Trinajstić information content (AvgIpc) is 3.05. The summed E-state index contributed by atoms with van der Waals surface area (Å²) >= 11 is 0. The first-order chi connectivity index (χ1) is 10.3. The fourth-order valence-corrected chi connectivity index (χ4v) is 2.54. The summed E-state index contributed by atoms with van der Waals surface area (Å²) < 4.78 is 1.94. The van der Waals surface area contributed by atoms with Gasteiger partial charge in [-0.1, -0.05) is 40.3 Å². The second-order valence-corrected chi connectivity index (χ2v) is 6.68. The smallest absolute Gasteiger partial charge is 0.0848 e. The van der Waals surface area contributed by atoms with Crippen molar-refractivity contribution >= 4 is 12.2 Å². The number of nitrogens with zero attached hydrogens (tertiary/aromatic N) is 3. The summed E-state index contributed by atoms with van der Waals surface area (Å²) in [7, 11) is 1.98. The van der Waals surface area contributed by atoms with E-state index in [1.165, 1.54) is 11.4 Å². The molecule has 4 heteroatoms. The fourth-order valence-electron chi connectivity index (χ4n) is 2.54. The van der Waals surface area contributed by atoms with Gasteiger partial charge in [-0.15, -0.1) is 0 Å². The molecule has 2 aromatic rings. The first-order valence-corrected chi connectivity index (χ1v) is 7.72. The lowest BCUT2D eigenvalue weighted by atomic mass is 9.85. The summed E-state index contributed by atoms with van der Waals surface area (Å²) in [6, 6.07) is 4.21. The highest BCUT2D eigenvalue weighted by Gasteiger charge is 2.23. The van der Waals surface area contributed by atoms with Crippen LogP contribution in [0.1, 0.15) is 62.8 Å². The van der Waals surface area contributed by atoms with Crippen LogP contribution in [0.5, 0.6) is 0 Å². The van der Waals surface area contributed by atoms with Crippen LogP contribution in [-0.4, -0.2) is 20.0 Å². The molecular formula is C18H26N4. The van der Waals surface area contributed by atoms with Gasteiger partial charge in [0.2, 0.25) is 0 Å². The molecule has 0 spiro atoms. The van der Waals surface area contributed by atoms with Crippen molar-refractivity contribution in [3.8, 4) is 0 Å². The summed E-state index contributed by atoms with van der Waals surface area (Å²) in [5.74, 6) is 0.470. The van der Waals surface area contributed by atoms with Crippen LogP contribution in [0.15, 0.2) is 24.8 Å². The second-order valence-electron chi connectivity index (χ2n) is 6.68. The monoisotopic (exact) mass is 298 g/mol. The minimum absolute atomic E-state index is 0.0106. The Hall–Kier alpha value is -2.10. The number of aryl methyl sites for hydroxylation is 1.